The van der Waals surface area contributed by atoms with Crippen LogP contribution in [-0.2, 0) is 16.2 Å². The van der Waals surface area contributed by atoms with Gasteiger partial charge < -0.3 is 4.74 Å². The van der Waals surface area contributed by atoms with Crippen LogP contribution < -0.4 is 4.74 Å². The Balaban J connectivity index is 1.71. The summed E-state index contributed by atoms with van der Waals surface area (Å²) in [6.07, 6.45) is -2.34. The minimum atomic E-state index is -4.41. The van der Waals surface area contributed by atoms with Crippen LogP contribution >= 0.6 is 0 Å². The second-order valence-corrected chi connectivity index (χ2v) is 8.80. The van der Waals surface area contributed by atoms with E-state index in [9.17, 15) is 21.6 Å². The van der Waals surface area contributed by atoms with E-state index in [1.165, 1.54) is 22.5 Å². The molecule has 8 heteroatoms. The van der Waals surface area contributed by atoms with E-state index >= 15 is 0 Å². The molecule has 1 saturated carbocycles. The van der Waals surface area contributed by atoms with Crippen LogP contribution in [0, 0.1) is 5.92 Å². The fourth-order valence-corrected chi connectivity index (χ4v) is 4.81. The first-order valence-electron chi connectivity index (χ1n) is 8.70. The molecule has 0 bridgehead atoms. The first-order chi connectivity index (χ1) is 12.7. The summed E-state index contributed by atoms with van der Waals surface area (Å²) in [6, 6.07) is 9.39. The van der Waals surface area contributed by atoms with Gasteiger partial charge in [0, 0.05) is 13.1 Å². The molecule has 0 N–H and O–H groups in total. The van der Waals surface area contributed by atoms with Gasteiger partial charge >= 0.3 is 6.18 Å². The molecular weight excluding hydrogens is 379 g/mol. The van der Waals surface area contributed by atoms with Gasteiger partial charge in [0.2, 0.25) is 10.0 Å². The van der Waals surface area contributed by atoms with Gasteiger partial charge in [0.15, 0.2) is 0 Å². The molecule has 0 amide bonds. The minimum Gasteiger partial charge on any atom is -0.491 e. The number of fused-ring (bicyclic) bond motifs is 1. The molecule has 0 aromatic heterocycles. The predicted octanol–water partition coefficient (Wildman–Crippen LogP) is 4.17. The zero-order valence-corrected chi connectivity index (χ0v) is 15.2. The Bertz CT molecular complexity index is 951. The maximum Gasteiger partial charge on any atom is 0.416 e. The Morgan fingerprint density at radius 1 is 1.04 bits per heavy atom. The quantitative estimate of drug-likeness (QED) is 0.781. The molecule has 4 rings (SSSR count). The Kier molecular flexibility index (Phi) is 4.43. The third-order valence-electron chi connectivity index (χ3n) is 4.86. The molecule has 1 fully saturated rings. The lowest BCUT2D eigenvalue weighted by Gasteiger charge is -2.19. The van der Waals surface area contributed by atoms with Crippen molar-refractivity contribution in [3.8, 4) is 16.9 Å². The molecule has 27 heavy (non-hydrogen) atoms. The van der Waals surface area contributed by atoms with Gasteiger partial charge in [-0.3, -0.25) is 0 Å². The number of hydrogen-bond donors (Lipinski definition) is 0. The van der Waals surface area contributed by atoms with Crippen molar-refractivity contribution in [1.29, 1.82) is 0 Å². The zero-order valence-electron chi connectivity index (χ0n) is 14.4. The van der Waals surface area contributed by atoms with Crippen molar-refractivity contribution in [2.45, 2.75) is 23.9 Å². The van der Waals surface area contributed by atoms with E-state index in [-0.39, 0.29) is 17.3 Å². The number of halogens is 3. The molecule has 0 atom stereocenters. The largest absolute Gasteiger partial charge is 0.491 e. The maximum absolute atomic E-state index is 13.1. The van der Waals surface area contributed by atoms with Gasteiger partial charge in [0.1, 0.15) is 17.3 Å². The summed E-state index contributed by atoms with van der Waals surface area (Å²) in [5.41, 5.74) is 0.300. The highest BCUT2D eigenvalue weighted by Crippen LogP contribution is 2.37. The monoisotopic (exact) mass is 397 g/mol. The SMILES string of the molecule is O=S1(=O)c2cc(-c3ccc(C(F)(F)F)cc3)ccc2OCCN1CC1CC1. The summed E-state index contributed by atoms with van der Waals surface area (Å²) in [5.74, 6) is 0.684. The highest BCUT2D eigenvalue weighted by Gasteiger charge is 2.35. The fraction of sp³-hybridized carbons (Fsp3) is 0.368. The lowest BCUT2D eigenvalue weighted by Crippen LogP contribution is -2.34. The van der Waals surface area contributed by atoms with Gasteiger partial charge in [-0.25, -0.2) is 8.42 Å². The average Bonchev–Trinajstić information content (AvgIpc) is 3.45. The molecule has 144 valence electrons. The molecule has 2 aromatic rings. The molecule has 2 aromatic carbocycles. The lowest BCUT2D eigenvalue weighted by molar-refractivity contribution is -0.137. The van der Waals surface area contributed by atoms with E-state index in [1.807, 2.05) is 0 Å². The molecule has 2 aliphatic rings. The molecular formula is C19H18F3NO3S. The van der Waals surface area contributed by atoms with Crippen molar-refractivity contribution in [2.75, 3.05) is 19.7 Å². The third kappa shape index (κ3) is 3.68. The van der Waals surface area contributed by atoms with Crippen molar-refractivity contribution in [3.63, 3.8) is 0 Å². The van der Waals surface area contributed by atoms with E-state index in [0.29, 0.717) is 30.1 Å². The van der Waals surface area contributed by atoms with Crippen LogP contribution in [0.5, 0.6) is 5.75 Å². The summed E-state index contributed by atoms with van der Waals surface area (Å²) in [4.78, 5) is 0.0676. The van der Waals surface area contributed by atoms with Crippen LogP contribution in [0.1, 0.15) is 18.4 Å². The number of alkyl halides is 3. The van der Waals surface area contributed by atoms with Crippen molar-refractivity contribution < 1.29 is 26.3 Å². The summed E-state index contributed by atoms with van der Waals surface area (Å²) < 4.78 is 71.4. The van der Waals surface area contributed by atoms with E-state index in [4.69, 9.17) is 4.74 Å². The van der Waals surface area contributed by atoms with Crippen LogP contribution in [0.4, 0.5) is 13.2 Å². The maximum atomic E-state index is 13.1. The van der Waals surface area contributed by atoms with Crippen LogP contribution in [-0.4, -0.2) is 32.4 Å². The van der Waals surface area contributed by atoms with E-state index in [2.05, 4.69) is 0 Å². The Hall–Kier alpha value is -2.06. The fourth-order valence-electron chi connectivity index (χ4n) is 3.15. The van der Waals surface area contributed by atoms with Crippen molar-refractivity contribution >= 4 is 10.0 Å². The number of sulfonamides is 1. The Labute approximate surface area is 155 Å². The second-order valence-electron chi connectivity index (χ2n) is 6.89. The van der Waals surface area contributed by atoms with Crippen LogP contribution in [0.3, 0.4) is 0 Å². The van der Waals surface area contributed by atoms with Crippen LogP contribution in [0.25, 0.3) is 11.1 Å². The molecule has 0 unspecified atom stereocenters. The normalized spacial score (nSPS) is 19.8. The zero-order chi connectivity index (χ0) is 19.2. The summed E-state index contributed by atoms with van der Waals surface area (Å²) >= 11 is 0. The number of rotatable bonds is 3. The molecule has 0 radical (unpaired) electrons. The second kappa shape index (κ2) is 6.53. The highest BCUT2D eigenvalue weighted by molar-refractivity contribution is 7.89. The molecule has 0 saturated heterocycles. The molecule has 4 nitrogen and oxygen atoms in total. The number of ether oxygens (including phenoxy) is 1. The minimum absolute atomic E-state index is 0.0676. The molecule has 1 heterocycles. The smallest absolute Gasteiger partial charge is 0.416 e. The van der Waals surface area contributed by atoms with Gasteiger partial charge in [-0.1, -0.05) is 18.2 Å². The Morgan fingerprint density at radius 2 is 1.70 bits per heavy atom. The number of hydrogen-bond acceptors (Lipinski definition) is 3. The van der Waals surface area contributed by atoms with E-state index in [1.54, 1.807) is 12.1 Å². The van der Waals surface area contributed by atoms with Crippen molar-refractivity contribution in [3.05, 3.63) is 48.0 Å². The van der Waals surface area contributed by atoms with E-state index < -0.39 is 21.8 Å². The van der Waals surface area contributed by atoms with Gasteiger partial charge in [0.05, 0.1) is 5.56 Å². The number of nitrogens with zero attached hydrogens (tertiary/aromatic N) is 1. The van der Waals surface area contributed by atoms with Crippen molar-refractivity contribution in [1.82, 2.24) is 4.31 Å². The average molecular weight is 397 g/mol. The van der Waals surface area contributed by atoms with Gasteiger partial charge in [-0.05, 0) is 54.2 Å². The van der Waals surface area contributed by atoms with Gasteiger partial charge in [0.25, 0.3) is 0 Å². The first kappa shape index (κ1) is 18.3. The van der Waals surface area contributed by atoms with Gasteiger partial charge in [-0.2, -0.15) is 17.5 Å². The van der Waals surface area contributed by atoms with Crippen molar-refractivity contribution in [2.24, 2.45) is 5.92 Å². The summed E-state index contributed by atoms with van der Waals surface area (Å²) in [7, 11) is -3.71. The topological polar surface area (TPSA) is 46.6 Å². The predicted molar refractivity (Wildman–Crippen MR) is 93.9 cm³/mol. The van der Waals surface area contributed by atoms with E-state index in [0.717, 1.165) is 25.0 Å². The number of benzene rings is 2. The lowest BCUT2D eigenvalue weighted by atomic mass is 10.0. The van der Waals surface area contributed by atoms with Crippen LogP contribution in [0.2, 0.25) is 0 Å². The summed E-state index contributed by atoms with van der Waals surface area (Å²) in [6.45, 7) is 1.05. The Morgan fingerprint density at radius 3 is 2.33 bits per heavy atom. The highest BCUT2D eigenvalue weighted by atomic mass is 32.2. The summed E-state index contributed by atoms with van der Waals surface area (Å²) in [5, 5.41) is 0. The third-order valence-corrected chi connectivity index (χ3v) is 6.75. The standard InChI is InChI=1S/C19H18F3NO3S/c20-19(21,22)16-6-3-14(4-7-16)15-5-8-17-18(11-15)27(24,25)23(9-10-26-17)12-13-1-2-13/h3-8,11,13H,1-2,9-10,12H2. The van der Waals surface area contributed by atoms with Gasteiger partial charge in [-0.15, -0.1) is 0 Å². The molecule has 1 aliphatic heterocycles. The molecule has 1 aliphatic carbocycles. The molecule has 0 spiro atoms. The van der Waals surface area contributed by atoms with Crippen LogP contribution in [0.15, 0.2) is 47.4 Å². The first-order valence-corrected chi connectivity index (χ1v) is 10.1.